The molecule has 1 amide bonds. The molecule has 3 aromatic heterocycles. The Morgan fingerprint density at radius 2 is 1.93 bits per heavy atom. The lowest BCUT2D eigenvalue weighted by atomic mass is 10.0. The molecule has 4 rings (SSSR count). The molecule has 0 aliphatic heterocycles. The summed E-state index contributed by atoms with van der Waals surface area (Å²) >= 11 is 0. The third-order valence-electron chi connectivity index (χ3n) is 4.64. The van der Waals surface area contributed by atoms with Gasteiger partial charge < -0.3 is 20.4 Å². The number of carbonyl (C=O) groups is 1. The molecule has 0 saturated carbocycles. The third-order valence-corrected chi connectivity index (χ3v) is 4.64. The summed E-state index contributed by atoms with van der Waals surface area (Å²) < 4.78 is 5.73. The number of benzene rings is 1. The van der Waals surface area contributed by atoms with E-state index in [0.29, 0.717) is 40.6 Å². The van der Waals surface area contributed by atoms with Crippen molar-refractivity contribution in [3.8, 4) is 22.6 Å². The first-order valence-electron chi connectivity index (χ1n) is 9.52. The second-order valence-corrected chi connectivity index (χ2v) is 7.14. The quantitative estimate of drug-likeness (QED) is 0.510. The monoisotopic (exact) mass is 402 g/mol. The molecule has 0 fully saturated rings. The number of oxazole rings is 1. The Morgan fingerprint density at radius 1 is 1.13 bits per heavy atom. The molecule has 0 aliphatic carbocycles. The fraction of sp³-hybridized carbons (Fsp3) is 0.182. The maximum atomic E-state index is 12.3. The zero-order chi connectivity index (χ0) is 21.1. The average Bonchev–Trinajstić information content (AvgIpc) is 3.18. The van der Waals surface area contributed by atoms with Gasteiger partial charge in [0.05, 0.1) is 5.56 Å². The number of hydrogen-bond donors (Lipinski definition) is 2. The van der Waals surface area contributed by atoms with Crippen LogP contribution in [0.2, 0.25) is 0 Å². The van der Waals surface area contributed by atoms with Crippen LogP contribution in [0.5, 0.6) is 0 Å². The maximum absolute atomic E-state index is 12.3. The maximum Gasteiger partial charge on any atom is 0.251 e. The van der Waals surface area contributed by atoms with Crippen LogP contribution in [0.3, 0.4) is 0 Å². The largest absolute Gasteiger partial charge is 0.418 e. The Hall–Kier alpha value is -3.78. The zero-order valence-electron chi connectivity index (χ0n) is 16.8. The molecule has 0 unspecified atom stereocenters. The minimum atomic E-state index is -0.0986. The van der Waals surface area contributed by atoms with Gasteiger partial charge in [-0.25, -0.2) is 15.0 Å². The number of fused-ring (bicyclic) bond motifs is 1. The lowest BCUT2D eigenvalue weighted by Crippen LogP contribution is -2.31. The molecule has 3 heterocycles. The number of nitrogens with zero attached hydrogens (tertiary/aromatic N) is 4. The Kier molecular flexibility index (Phi) is 5.40. The van der Waals surface area contributed by atoms with E-state index in [1.54, 1.807) is 30.6 Å². The predicted octanol–water partition coefficient (Wildman–Crippen LogP) is 2.83. The topological polar surface area (TPSA) is 110 Å². The number of aromatic nitrogens is 3. The molecule has 152 valence electrons. The first-order chi connectivity index (χ1) is 14.5. The van der Waals surface area contributed by atoms with E-state index in [1.165, 1.54) is 0 Å². The minimum absolute atomic E-state index is 0.0986. The van der Waals surface area contributed by atoms with E-state index in [4.69, 9.17) is 10.2 Å². The molecule has 1 aromatic carbocycles. The van der Waals surface area contributed by atoms with Crippen LogP contribution in [0.4, 0.5) is 5.82 Å². The summed E-state index contributed by atoms with van der Waals surface area (Å²) in [5.74, 6) is 0.591. The molecule has 0 bridgehead atoms. The van der Waals surface area contributed by atoms with Crippen molar-refractivity contribution in [2.24, 2.45) is 0 Å². The number of anilines is 1. The van der Waals surface area contributed by atoms with Crippen LogP contribution in [-0.2, 0) is 0 Å². The number of likely N-dealkylation sites (N-methyl/N-ethyl adjacent to an activating group) is 1. The second kappa shape index (κ2) is 8.30. The lowest BCUT2D eigenvalue weighted by molar-refractivity contribution is 0.0951. The molecule has 8 heteroatoms. The highest BCUT2D eigenvalue weighted by Gasteiger charge is 2.14. The second-order valence-electron chi connectivity index (χ2n) is 7.14. The molecule has 8 nitrogen and oxygen atoms in total. The van der Waals surface area contributed by atoms with Gasteiger partial charge in [-0.05, 0) is 50.0 Å². The smallest absolute Gasteiger partial charge is 0.251 e. The Labute approximate surface area is 173 Å². The summed E-state index contributed by atoms with van der Waals surface area (Å²) in [5, 5.41) is 2.90. The zero-order valence-corrected chi connectivity index (χ0v) is 16.8. The van der Waals surface area contributed by atoms with Gasteiger partial charge >= 0.3 is 0 Å². The highest BCUT2D eigenvalue weighted by molar-refractivity contribution is 5.94. The Bertz CT molecular complexity index is 1150. The minimum Gasteiger partial charge on any atom is -0.418 e. The fourth-order valence-corrected chi connectivity index (χ4v) is 3.00. The molecule has 0 spiro atoms. The van der Waals surface area contributed by atoms with E-state index in [9.17, 15) is 4.79 Å². The van der Waals surface area contributed by atoms with Crippen LogP contribution in [-0.4, -0.2) is 52.9 Å². The van der Waals surface area contributed by atoms with Gasteiger partial charge in [0.25, 0.3) is 5.91 Å². The number of amides is 1. The highest BCUT2D eigenvalue weighted by atomic mass is 16.4. The highest BCUT2D eigenvalue weighted by Crippen LogP contribution is 2.30. The van der Waals surface area contributed by atoms with Gasteiger partial charge in [0.2, 0.25) is 11.6 Å². The van der Waals surface area contributed by atoms with Crippen molar-refractivity contribution in [2.45, 2.75) is 0 Å². The summed E-state index contributed by atoms with van der Waals surface area (Å²) in [6.07, 6.45) is 3.33. The molecular formula is C22H22N6O2. The number of carbonyl (C=O) groups excluding carboxylic acids is 1. The van der Waals surface area contributed by atoms with Gasteiger partial charge in [-0.15, -0.1) is 0 Å². The lowest BCUT2D eigenvalue weighted by Gasteiger charge is -2.11. The van der Waals surface area contributed by atoms with Crippen LogP contribution in [0.1, 0.15) is 10.4 Å². The van der Waals surface area contributed by atoms with E-state index in [1.807, 2.05) is 43.3 Å². The summed E-state index contributed by atoms with van der Waals surface area (Å²) in [6, 6.07) is 12.8. The first-order valence-corrected chi connectivity index (χ1v) is 9.52. The summed E-state index contributed by atoms with van der Waals surface area (Å²) in [5.41, 5.74) is 10.1. The van der Waals surface area contributed by atoms with Gasteiger partial charge in [0.1, 0.15) is 11.3 Å². The van der Waals surface area contributed by atoms with Gasteiger partial charge in [-0.3, -0.25) is 4.79 Å². The van der Waals surface area contributed by atoms with E-state index >= 15 is 0 Å². The third kappa shape index (κ3) is 4.13. The van der Waals surface area contributed by atoms with Crippen molar-refractivity contribution in [3.63, 3.8) is 0 Å². The Balaban J connectivity index is 1.57. The SMILES string of the molecule is CN(C)CCNC(=O)c1ccc(-c2cnc(N)c(-c3nc4cccnc4o3)c2)cc1. The predicted molar refractivity (Wildman–Crippen MR) is 116 cm³/mol. The van der Waals surface area contributed by atoms with Crippen LogP contribution in [0, 0.1) is 0 Å². The van der Waals surface area contributed by atoms with Crippen molar-refractivity contribution < 1.29 is 9.21 Å². The van der Waals surface area contributed by atoms with Crippen LogP contribution < -0.4 is 11.1 Å². The number of nitrogens with one attached hydrogen (secondary N) is 1. The molecule has 0 atom stereocenters. The molecule has 3 N–H and O–H groups in total. The van der Waals surface area contributed by atoms with Gasteiger partial charge in [-0.1, -0.05) is 12.1 Å². The van der Waals surface area contributed by atoms with Gasteiger partial charge in [0, 0.05) is 36.6 Å². The molecular weight excluding hydrogens is 380 g/mol. The number of hydrogen-bond acceptors (Lipinski definition) is 7. The molecule has 30 heavy (non-hydrogen) atoms. The fourth-order valence-electron chi connectivity index (χ4n) is 3.00. The van der Waals surface area contributed by atoms with E-state index in [2.05, 4.69) is 20.3 Å². The van der Waals surface area contributed by atoms with E-state index in [-0.39, 0.29) is 5.91 Å². The standard InChI is InChI=1S/C22H22N6O2/c1-28(2)11-10-24-20(29)15-7-5-14(6-8-15)16-12-17(19(23)26-13-16)21-27-18-4-3-9-25-22(18)30-21/h3-9,12-13H,10-11H2,1-2H3,(H2,23,26)(H,24,29). The van der Waals surface area contributed by atoms with Crippen molar-refractivity contribution in [3.05, 3.63) is 60.4 Å². The summed E-state index contributed by atoms with van der Waals surface area (Å²) in [7, 11) is 3.93. The number of nitrogens with two attached hydrogens (primary N) is 1. The van der Waals surface area contributed by atoms with Gasteiger partial charge in [-0.2, -0.15) is 0 Å². The van der Waals surface area contributed by atoms with Crippen LogP contribution in [0.25, 0.3) is 33.8 Å². The average molecular weight is 402 g/mol. The van der Waals surface area contributed by atoms with E-state index in [0.717, 1.165) is 17.7 Å². The molecule has 0 radical (unpaired) electrons. The van der Waals surface area contributed by atoms with Crippen molar-refractivity contribution in [1.29, 1.82) is 0 Å². The Morgan fingerprint density at radius 3 is 2.67 bits per heavy atom. The van der Waals surface area contributed by atoms with Crippen LogP contribution in [0.15, 0.2) is 59.3 Å². The van der Waals surface area contributed by atoms with Crippen molar-refractivity contribution in [1.82, 2.24) is 25.2 Å². The molecule has 0 saturated heterocycles. The summed E-state index contributed by atoms with van der Waals surface area (Å²) in [6.45, 7) is 1.38. The van der Waals surface area contributed by atoms with Crippen molar-refractivity contribution in [2.75, 3.05) is 32.9 Å². The summed E-state index contributed by atoms with van der Waals surface area (Å²) in [4.78, 5) is 27.2. The normalized spacial score (nSPS) is 11.2. The molecule has 0 aliphatic rings. The van der Waals surface area contributed by atoms with Crippen LogP contribution >= 0.6 is 0 Å². The number of pyridine rings is 2. The van der Waals surface area contributed by atoms with Gasteiger partial charge in [0.15, 0.2) is 0 Å². The first kappa shape index (κ1) is 19.5. The number of nitrogen functional groups attached to an aromatic ring is 1. The van der Waals surface area contributed by atoms with Crippen molar-refractivity contribution >= 4 is 23.0 Å². The van der Waals surface area contributed by atoms with E-state index < -0.39 is 0 Å². The number of rotatable bonds is 6. The molecule has 4 aromatic rings.